The average Bonchev–Trinajstić information content (AvgIpc) is 2.05. The number of carbonyl (C=O) groups is 3. The highest BCUT2D eigenvalue weighted by Gasteiger charge is 2.14. The van der Waals surface area contributed by atoms with Crippen molar-refractivity contribution in [2.75, 3.05) is 7.11 Å². The monoisotopic (exact) mass is 174 g/mol. The minimum atomic E-state index is -0.963. The molecule has 0 fully saturated rings. The third kappa shape index (κ3) is 6.92. The van der Waals surface area contributed by atoms with Gasteiger partial charge in [-0.2, -0.15) is 0 Å². The van der Waals surface area contributed by atoms with Crippen LogP contribution in [-0.2, 0) is 19.1 Å². The zero-order chi connectivity index (χ0) is 10.1. The lowest BCUT2D eigenvalue weighted by Crippen LogP contribution is -2.17. The van der Waals surface area contributed by atoms with Crippen LogP contribution in [-0.4, -0.2) is 24.6 Å². The van der Waals surface area contributed by atoms with Crippen LogP contribution in [0.25, 0.3) is 0 Å². The number of hydrogen-bond donors (Lipinski definition) is 0. The standard InChI is InChI=1S/C6H8O4.C2H6/c1-4(7)3-5(8)6(9)10-2;1-2/h3H2,1-2H3;1-2H3. The van der Waals surface area contributed by atoms with E-state index in [0.29, 0.717) is 0 Å². The molecule has 0 aliphatic carbocycles. The Hall–Kier alpha value is -1.19. The SMILES string of the molecule is CC.COC(=O)C(=O)CC(C)=O. The first-order valence-corrected chi connectivity index (χ1v) is 3.68. The molecule has 0 aromatic heterocycles. The molecule has 0 aliphatic heterocycles. The Labute approximate surface area is 71.9 Å². The van der Waals surface area contributed by atoms with Gasteiger partial charge in [-0.05, 0) is 6.92 Å². The van der Waals surface area contributed by atoms with Crippen molar-refractivity contribution in [3.63, 3.8) is 0 Å². The fourth-order valence-corrected chi connectivity index (χ4v) is 0.412. The second-order valence-corrected chi connectivity index (χ2v) is 1.79. The first kappa shape index (κ1) is 13.4. The van der Waals surface area contributed by atoms with E-state index in [2.05, 4.69) is 4.74 Å². The summed E-state index contributed by atoms with van der Waals surface area (Å²) < 4.78 is 4.07. The average molecular weight is 174 g/mol. The first-order chi connectivity index (χ1) is 5.57. The topological polar surface area (TPSA) is 60.4 Å². The summed E-state index contributed by atoms with van der Waals surface area (Å²) in [5.74, 6) is -2.10. The quantitative estimate of drug-likeness (QED) is 0.359. The van der Waals surface area contributed by atoms with Gasteiger partial charge in [0.15, 0.2) is 0 Å². The molecule has 0 aliphatic rings. The Morgan fingerprint density at radius 1 is 1.17 bits per heavy atom. The number of ketones is 2. The van der Waals surface area contributed by atoms with E-state index in [0.717, 1.165) is 7.11 Å². The Balaban J connectivity index is 0. The molecule has 0 saturated heterocycles. The third-order valence-corrected chi connectivity index (χ3v) is 0.823. The number of ether oxygens (including phenoxy) is 1. The second kappa shape index (κ2) is 7.91. The minimum Gasteiger partial charge on any atom is -0.463 e. The zero-order valence-corrected chi connectivity index (χ0v) is 7.84. The highest BCUT2D eigenvalue weighted by atomic mass is 16.5. The fraction of sp³-hybridized carbons (Fsp3) is 0.625. The molecule has 70 valence electrons. The highest BCUT2D eigenvalue weighted by molar-refractivity contribution is 6.36. The van der Waals surface area contributed by atoms with E-state index >= 15 is 0 Å². The maximum atomic E-state index is 10.5. The van der Waals surface area contributed by atoms with Crippen molar-refractivity contribution in [3.05, 3.63) is 0 Å². The van der Waals surface area contributed by atoms with Crippen molar-refractivity contribution >= 4 is 17.5 Å². The summed E-state index contributed by atoms with van der Waals surface area (Å²) in [7, 11) is 1.10. The van der Waals surface area contributed by atoms with Gasteiger partial charge in [-0.25, -0.2) is 4.79 Å². The van der Waals surface area contributed by atoms with Crippen molar-refractivity contribution in [1.29, 1.82) is 0 Å². The van der Waals surface area contributed by atoms with Crippen molar-refractivity contribution in [1.82, 2.24) is 0 Å². The molecule has 4 heteroatoms. The van der Waals surface area contributed by atoms with Crippen LogP contribution < -0.4 is 0 Å². The predicted octanol–water partition coefficient (Wildman–Crippen LogP) is 0.734. The number of rotatable bonds is 3. The van der Waals surface area contributed by atoms with Crippen LogP contribution >= 0.6 is 0 Å². The molecule has 0 saturated carbocycles. The van der Waals surface area contributed by atoms with Crippen molar-refractivity contribution in [3.8, 4) is 0 Å². The molecule has 0 amide bonds. The number of Topliss-reactive ketones (excluding diaryl/α,β-unsaturated/α-hetero) is 2. The summed E-state index contributed by atoms with van der Waals surface area (Å²) in [5.41, 5.74) is 0. The molecule has 0 spiro atoms. The van der Waals surface area contributed by atoms with E-state index in [4.69, 9.17) is 0 Å². The van der Waals surface area contributed by atoms with E-state index in [1.807, 2.05) is 13.8 Å². The van der Waals surface area contributed by atoms with Crippen LogP contribution in [0.2, 0.25) is 0 Å². The van der Waals surface area contributed by atoms with Crippen LogP contribution in [0.5, 0.6) is 0 Å². The van der Waals surface area contributed by atoms with Gasteiger partial charge in [-0.1, -0.05) is 13.8 Å². The fourth-order valence-electron chi connectivity index (χ4n) is 0.412. The molecule has 0 radical (unpaired) electrons. The van der Waals surface area contributed by atoms with Crippen LogP contribution in [0.3, 0.4) is 0 Å². The van der Waals surface area contributed by atoms with Crippen LogP contribution in [0, 0.1) is 0 Å². The second-order valence-electron chi connectivity index (χ2n) is 1.79. The molecule has 0 N–H and O–H groups in total. The van der Waals surface area contributed by atoms with E-state index in [1.54, 1.807) is 0 Å². The molecule has 0 unspecified atom stereocenters. The summed E-state index contributed by atoms with van der Waals surface area (Å²) in [6.45, 7) is 5.24. The molecule has 12 heavy (non-hydrogen) atoms. The molecular weight excluding hydrogens is 160 g/mol. The molecule has 0 bridgehead atoms. The lowest BCUT2D eigenvalue weighted by molar-refractivity contribution is -0.152. The van der Waals surface area contributed by atoms with Gasteiger partial charge < -0.3 is 4.74 Å². The van der Waals surface area contributed by atoms with E-state index in [1.165, 1.54) is 6.92 Å². The van der Waals surface area contributed by atoms with Gasteiger partial charge in [0.25, 0.3) is 0 Å². The Morgan fingerprint density at radius 3 is 1.83 bits per heavy atom. The van der Waals surface area contributed by atoms with E-state index in [-0.39, 0.29) is 12.2 Å². The normalized spacial score (nSPS) is 7.67. The number of esters is 1. The van der Waals surface area contributed by atoms with Crippen molar-refractivity contribution in [2.45, 2.75) is 27.2 Å². The molecule has 0 rings (SSSR count). The largest absolute Gasteiger partial charge is 0.463 e. The van der Waals surface area contributed by atoms with Crippen LogP contribution in [0.4, 0.5) is 0 Å². The molecule has 0 aromatic rings. The molecular formula is C8H14O4. The number of carbonyl (C=O) groups excluding carboxylic acids is 3. The lowest BCUT2D eigenvalue weighted by atomic mass is 10.2. The number of hydrogen-bond acceptors (Lipinski definition) is 4. The van der Waals surface area contributed by atoms with Crippen molar-refractivity contribution in [2.24, 2.45) is 0 Å². The Kier molecular flexibility index (Phi) is 8.84. The van der Waals surface area contributed by atoms with Gasteiger partial charge >= 0.3 is 5.97 Å². The Morgan fingerprint density at radius 2 is 1.58 bits per heavy atom. The van der Waals surface area contributed by atoms with Gasteiger partial charge in [0.2, 0.25) is 5.78 Å². The first-order valence-electron chi connectivity index (χ1n) is 3.68. The maximum absolute atomic E-state index is 10.5. The third-order valence-electron chi connectivity index (χ3n) is 0.823. The highest BCUT2D eigenvalue weighted by Crippen LogP contribution is 1.86. The van der Waals surface area contributed by atoms with Gasteiger partial charge in [-0.3, -0.25) is 9.59 Å². The summed E-state index contributed by atoms with van der Waals surface area (Å²) in [6, 6.07) is 0. The molecule has 0 atom stereocenters. The number of methoxy groups -OCH3 is 1. The van der Waals surface area contributed by atoms with E-state index in [9.17, 15) is 14.4 Å². The van der Waals surface area contributed by atoms with Crippen LogP contribution in [0.1, 0.15) is 27.2 Å². The van der Waals surface area contributed by atoms with Gasteiger partial charge in [-0.15, -0.1) is 0 Å². The summed E-state index contributed by atoms with van der Waals surface area (Å²) in [6.07, 6.45) is -0.368. The minimum absolute atomic E-state index is 0.338. The summed E-state index contributed by atoms with van der Waals surface area (Å²) in [5, 5.41) is 0. The Bertz CT molecular complexity index is 172. The molecule has 0 aromatic carbocycles. The molecule has 0 heterocycles. The van der Waals surface area contributed by atoms with Gasteiger partial charge in [0.05, 0.1) is 13.5 Å². The van der Waals surface area contributed by atoms with Crippen LogP contribution in [0.15, 0.2) is 0 Å². The lowest BCUT2D eigenvalue weighted by Gasteiger charge is -1.93. The maximum Gasteiger partial charge on any atom is 0.374 e. The molecule has 4 nitrogen and oxygen atoms in total. The van der Waals surface area contributed by atoms with E-state index < -0.39 is 11.8 Å². The smallest absolute Gasteiger partial charge is 0.374 e. The summed E-state index contributed by atoms with van der Waals surface area (Å²) in [4.78, 5) is 31.1. The van der Waals surface area contributed by atoms with Gasteiger partial charge in [0, 0.05) is 0 Å². The zero-order valence-electron chi connectivity index (χ0n) is 7.84. The summed E-state index contributed by atoms with van der Waals surface area (Å²) >= 11 is 0. The van der Waals surface area contributed by atoms with Crippen molar-refractivity contribution < 1.29 is 19.1 Å². The van der Waals surface area contributed by atoms with Gasteiger partial charge in [0.1, 0.15) is 5.78 Å². The predicted molar refractivity (Wildman–Crippen MR) is 43.7 cm³/mol.